The number of hydrogen-bond donors (Lipinski definition) is 2. The van der Waals surface area contributed by atoms with Crippen molar-refractivity contribution >= 4 is 25.8 Å². The largest absolute Gasteiger partial charge is 0.460 e. The Labute approximate surface area is 248 Å². The first kappa shape index (κ1) is 30.2. The van der Waals surface area contributed by atoms with E-state index in [4.69, 9.17) is 14.5 Å². The van der Waals surface area contributed by atoms with Crippen molar-refractivity contribution in [1.29, 1.82) is 0 Å². The number of aliphatic imine (C=N–C) groups is 1. The van der Waals surface area contributed by atoms with E-state index in [2.05, 4.69) is 45.3 Å². The molecule has 1 aromatic heterocycles. The quantitative estimate of drug-likeness (QED) is 0.375. The van der Waals surface area contributed by atoms with Gasteiger partial charge < -0.3 is 19.1 Å². The predicted molar refractivity (Wildman–Crippen MR) is 164 cm³/mol. The number of carbonyl (C=O) groups is 2. The summed E-state index contributed by atoms with van der Waals surface area (Å²) in [6.45, 7) is 19.0. The maximum absolute atomic E-state index is 14.0. The van der Waals surface area contributed by atoms with Gasteiger partial charge in [-0.05, 0) is 55.5 Å². The zero-order chi connectivity index (χ0) is 31.0. The predicted octanol–water partition coefficient (Wildman–Crippen LogP) is 5.02. The molecule has 1 aromatic rings. The van der Waals surface area contributed by atoms with Crippen LogP contribution >= 0.6 is 0 Å². The molecule has 0 aromatic carbocycles. The Morgan fingerprint density at radius 3 is 2.55 bits per heavy atom. The van der Waals surface area contributed by atoms with Gasteiger partial charge in [0.1, 0.15) is 17.8 Å². The van der Waals surface area contributed by atoms with Crippen LogP contribution in [-0.2, 0) is 33.0 Å². The number of allylic oxidation sites excluding steroid dienone is 2. The number of carbonyl (C=O) groups excluding carboxylic acids is 2. The molecule has 226 valence electrons. The van der Waals surface area contributed by atoms with Gasteiger partial charge in [-0.15, -0.1) is 0 Å². The van der Waals surface area contributed by atoms with E-state index in [0.29, 0.717) is 29.1 Å². The fraction of sp³-hybridized carbons (Fsp3) is 0.562. The smallest absolute Gasteiger partial charge is 0.412 e. The molecule has 0 fully saturated rings. The van der Waals surface area contributed by atoms with Crippen LogP contribution in [0.25, 0.3) is 0 Å². The lowest BCUT2D eigenvalue weighted by Crippen LogP contribution is -2.47. The molecule has 2 unspecified atom stereocenters. The number of aromatic nitrogens is 1. The Bertz CT molecular complexity index is 1550. The maximum atomic E-state index is 14.0. The summed E-state index contributed by atoms with van der Waals surface area (Å²) in [4.78, 5) is 44.1. The van der Waals surface area contributed by atoms with Gasteiger partial charge in [-0.1, -0.05) is 58.1 Å². The number of amides is 1. The molecule has 5 rings (SSSR count). The molecule has 0 bridgehead atoms. The van der Waals surface area contributed by atoms with E-state index in [1.807, 2.05) is 39.0 Å². The molecule has 10 heteroatoms. The molecule has 1 amide bonds. The molecular formula is C32H43N3O6Si. The van der Waals surface area contributed by atoms with Gasteiger partial charge in [-0.2, -0.15) is 0 Å². The number of cyclic esters (lactones) is 1. The number of dihydropyridines is 1. The van der Waals surface area contributed by atoms with Crippen molar-refractivity contribution in [3.63, 3.8) is 0 Å². The highest BCUT2D eigenvalue weighted by molar-refractivity contribution is 6.87. The standard InChI is InChI=1S/C32H43N3O6Si/c1-10-32(39)15-25(36)40-17-21-22(32)14-24-26-20(16-35(24)28(21)37)27(42(8,9)31(5,6)7)19-13-18(11-12-23(19)34-26)33-29(38)41-30(2,3)4/h11-14,19,23,39H,10,15-17H2,1-9H3,(H,33,38)/t19?,23?,32-/m1/s1. The molecule has 0 spiro atoms. The van der Waals surface area contributed by atoms with E-state index < -0.39 is 31.3 Å². The van der Waals surface area contributed by atoms with Crippen LogP contribution in [0.5, 0.6) is 0 Å². The number of aliphatic hydroxyl groups is 1. The Kier molecular flexibility index (Phi) is 7.13. The summed E-state index contributed by atoms with van der Waals surface area (Å²) in [7, 11) is -2.20. The second-order valence-corrected chi connectivity index (χ2v) is 19.7. The minimum Gasteiger partial charge on any atom is -0.460 e. The number of hydrogen-bond acceptors (Lipinski definition) is 7. The van der Waals surface area contributed by atoms with Gasteiger partial charge in [-0.3, -0.25) is 19.9 Å². The number of nitrogens with one attached hydrogen (secondary N) is 1. The van der Waals surface area contributed by atoms with Gasteiger partial charge in [0.25, 0.3) is 5.56 Å². The third kappa shape index (κ3) is 5.02. The lowest BCUT2D eigenvalue weighted by molar-refractivity contribution is -0.149. The van der Waals surface area contributed by atoms with Crippen molar-refractivity contribution in [1.82, 2.24) is 9.88 Å². The van der Waals surface area contributed by atoms with Gasteiger partial charge in [0.15, 0.2) is 0 Å². The van der Waals surface area contributed by atoms with Crippen LogP contribution in [0.1, 0.15) is 78.1 Å². The fourth-order valence-corrected chi connectivity index (χ4v) is 9.14. The SMILES string of the molecule is CC[C@@]1(O)CC(=O)OCc2c1cc1n(c2=O)CC2=C([Si](C)(C)C(C)(C)C)C3C=C(NC(=O)OC(C)(C)C)C=CC3N=C21. The van der Waals surface area contributed by atoms with Crippen LogP contribution in [0.2, 0.25) is 18.1 Å². The highest BCUT2D eigenvalue weighted by Gasteiger charge is 2.49. The van der Waals surface area contributed by atoms with Crippen molar-refractivity contribution < 1.29 is 24.2 Å². The van der Waals surface area contributed by atoms with Gasteiger partial charge >= 0.3 is 12.1 Å². The molecule has 4 aliphatic rings. The van der Waals surface area contributed by atoms with Crippen molar-refractivity contribution in [3.05, 3.63) is 67.9 Å². The molecule has 42 heavy (non-hydrogen) atoms. The highest BCUT2D eigenvalue weighted by atomic mass is 28.3. The van der Waals surface area contributed by atoms with Crippen molar-refractivity contribution in [2.75, 3.05) is 0 Å². The van der Waals surface area contributed by atoms with Crippen molar-refractivity contribution in [3.8, 4) is 0 Å². The molecular weight excluding hydrogens is 550 g/mol. The maximum Gasteiger partial charge on any atom is 0.412 e. The van der Waals surface area contributed by atoms with Crippen LogP contribution in [0.4, 0.5) is 4.79 Å². The summed E-state index contributed by atoms with van der Waals surface area (Å²) in [5.74, 6) is -0.607. The third-order valence-electron chi connectivity index (χ3n) is 9.48. The zero-order valence-corrected chi connectivity index (χ0v) is 27.2. The van der Waals surface area contributed by atoms with E-state index in [-0.39, 0.29) is 42.0 Å². The van der Waals surface area contributed by atoms with Crippen LogP contribution in [0, 0.1) is 5.92 Å². The van der Waals surface area contributed by atoms with Crippen LogP contribution in [0.15, 0.2) is 50.5 Å². The molecule has 3 atom stereocenters. The minimum absolute atomic E-state index is 0.0103. The summed E-state index contributed by atoms with van der Waals surface area (Å²) in [5.41, 5.74) is 1.55. The zero-order valence-electron chi connectivity index (χ0n) is 26.2. The average Bonchev–Trinajstić information content (AvgIpc) is 3.16. The first-order valence-electron chi connectivity index (χ1n) is 14.7. The molecule has 0 saturated heterocycles. The van der Waals surface area contributed by atoms with E-state index in [1.165, 1.54) is 5.20 Å². The number of esters is 1. The van der Waals surface area contributed by atoms with Crippen LogP contribution in [0.3, 0.4) is 0 Å². The number of alkyl carbamates (subject to hydrolysis) is 1. The van der Waals surface area contributed by atoms with Crippen LogP contribution in [-0.4, -0.2) is 47.2 Å². The Balaban J connectivity index is 1.67. The van der Waals surface area contributed by atoms with E-state index in [0.717, 1.165) is 11.3 Å². The Morgan fingerprint density at radius 2 is 1.93 bits per heavy atom. The number of rotatable bonds is 3. The fourth-order valence-electron chi connectivity index (χ4n) is 6.29. The number of pyridine rings is 1. The normalized spacial score (nSPS) is 25.3. The molecule has 9 nitrogen and oxygen atoms in total. The number of ether oxygens (including phenoxy) is 2. The van der Waals surface area contributed by atoms with E-state index in [1.54, 1.807) is 11.5 Å². The first-order chi connectivity index (χ1) is 19.4. The van der Waals surface area contributed by atoms with Gasteiger partial charge in [0.05, 0.1) is 44.1 Å². The molecule has 1 aliphatic carbocycles. The summed E-state index contributed by atoms with van der Waals surface area (Å²) >= 11 is 0. The Morgan fingerprint density at radius 1 is 1.24 bits per heavy atom. The summed E-state index contributed by atoms with van der Waals surface area (Å²) in [5, 5.41) is 15.7. The topological polar surface area (TPSA) is 119 Å². The molecule has 0 saturated carbocycles. The molecule has 0 radical (unpaired) electrons. The average molecular weight is 594 g/mol. The lowest BCUT2D eigenvalue weighted by atomic mass is 9.84. The number of nitrogens with zero attached hydrogens (tertiary/aromatic N) is 2. The monoisotopic (exact) mass is 593 g/mol. The second kappa shape index (κ2) is 9.91. The van der Waals surface area contributed by atoms with Crippen molar-refractivity contribution in [2.24, 2.45) is 10.9 Å². The van der Waals surface area contributed by atoms with Gasteiger partial charge in [0.2, 0.25) is 0 Å². The minimum atomic E-state index is -2.20. The first-order valence-corrected chi connectivity index (χ1v) is 17.7. The number of fused-ring (bicyclic) bond motifs is 5. The highest BCUT2D eigenvalue weighted by Crippen LogP contribution is 2.50. The van der Waals surface area contributed by atoms with Crippen LogP contribution < -0.4 is 10.9 Å². The van der Waals surface area contributed by atoms with Crippen molar-refractivity contribution in [2.45, 2.75) is 110 Å². The summed E-state index contributed by atoms with van der Waals surface area (Å²) < 4.78 is 12.6. The lowest BCUT2D eigenvalue weighted by Gasteiger charge is -2.45. The summed E-state index contributed by atoms with van der Waals surface area (Å²) in [6, 6.07) is 1.64. The Hall–Kier alpha value is -3.24. The molecule has 2 N–H and O–H groups in total. The summed E-state index contributed by atoms with van der Waals surface area (Å²) in [6.07, 6.45) is 5.51. The molecule has 3 aliphatic heterocycles. The van der Waals surface area contributed by atoms with E-state index in [9.17, 15) is 19.5 Å². The van der Waals surface area contributed by atoms with Gasteiger partial charge in [0, 0.05) is 11.6 Å². The van der Waals surface area contributed by atoms with Gasteiger partial charge in [-0.25, -0.2) is 4.79 Å². The molecule has 4 heterocycles. The third-order valence-corrected chi connectivity index (χ3v) is 15.2. The van der Waals surface area contributed by atoms with E-state index >= 15 is 0 Å². The second-order valence-electron chi connectivity index (χ2n) is 14.4.